The number of nitrogens with one attached hydrogen (secondary N) is 1. The zero-order chi connectivity index (χ0) is 78.0. The van der Waals surface area contributed by atoms with Crippen LogP contribution in [0.1, 0.15) is 20.8 Å². The van der Waals surface area contributed by atoms with Gasteiger partial charge in [-0.1, -0.05) is 19.2 Å². The fraction of sp³-hybridized carbons (Fsp3) is 1.00. The SMILES string of the molecule is CC(F)F.CCP(=O)(O)O.CCS(=O)(=O)O.CN.CNP(O)(O)=S.COP(=O)(O)CN.COP(=O)(O)Cl.COP(=O)(O)O.COP(=O)(O)O.COP(=O)(O)OC.COP(C)(=O)O.COP(O)(=S)S.COP(O)(O)=S.COS(=O)(=O)O.CO[P+](=O)O.CO[P+](=O)S. The number of phosphoric acid groups is 3. The van der Waals surface area contributed by atoms with Gasteiger partial charge in [-0.05, 0) is 67.9 Å². The normalized spacial score (nSPS) is 13.6. The second-order valence-electron chi connectivity index (χ2n) is 10.7. The Morgan fingerprint density at radius 1 is 0.600 bits per heavy atom. The lowest BCUT2D eigenvalue weighted by Crippen LogP contribution is -2.00. The first kappa shape index (κ1) is 133. The van der Waals surface area contributed by atoms with Gasteiger partial charge in [-0.2, -0.15) is 16.8 Å². The van der Waals surface area contributed by atoms with Gasteiger partial charge in [-0.15, -0.1) is 13.9 Å². The predicted octanol–water partition coefficient (Wildman–Crippen LogP) is 2.88. The number of alkyl halides is 2. The Labute approximate surface area is 552 Å². The molecule has 0 aliphatic rings. The highest BCUT2D eigenvalue weighted by Gasteiger charge is 2.14. The third-order valence-corrected chi connectivity index (χ3v) is 15.1. The second kappa shape index (κ2) is 76.4. The van der Waals surface area contributed by atoms with Gasteiger partial charge in [0.1, 0.15) is 12.2 Å². The molecule has 0 saturated carbocycles. The fourth-order valence-corrected chi connectivity index (χ4v) is 0.447. The quantitative estimate of drug-likeness (QED) is 0.0600. The summed E-state index contributed by atoms with van der Waals surface area (Å²) in [6.07, 6.45) is -2.55. The number of halogens is 3. The molecule has 6 atom stereocenters. The van der Waals surface area contributed by atoms with Crippen molar-refractivity contribution in [1.29, 1.82) is 0 Å². The lowest BCUT2D eigenvalue weighted by Gasteiger charge is -2.01. The van der Waals surface area contributed by atoms with Crippen molar-refractivity contribution in [2.75, 3.05) is 124 Å². The summed E-state index contributed by atoms with van der Waals surface area (Å²) in [7, 11) is -17.7. The first-order valence-electron chi connectivity index (χ1n) is 19.6. The predicted molar refractivity (Wildman–Crippen MR) is 345 cm³/mol. The molecule has 0 amide bonds. The number of hydrogen-bond donors (Lipinski definition) is 23. The lowest BCUT2D eigenvalue weighted by atomic mass is 10.9. The number of phosphoric ester groups is 3. The van der Waals surface area contributed by atoms with Gasteiger partial charge in [0.25, 0.3) is 16.8 Å². The average molecular weight is 1750 g/mol. The fourth-order valence-electron chi connectivity index (χ4n) is 0.149. The maximum atomic E-state index is 10.3. The van der Waals surface area contributed by atoms with Crippen LogP contribution in [0.3, 0.4) is 0 Å². The van der Waals surface area contributed by atoms with E-state index >= 15 is 0 Å². The van der Waals surface area contributed by atoms with E-state index in [0.717, 1.165) is 70.5 Å². The van der Waals surface area contributed by atoms with Crippen LogP contribution in [-0.2, 0) is 151 Å². The van der Waals surface area contributed by atoms with Gasteiger partial charge < -0.3 is 107 Å². The van der Waals surface area contributed by atoms with Gasteiger partial charge >= 0.3 is 85.8 Å². The summed E-state index contributed by atoms with van der Waals surface area (Å²) in [4.78, 5) is 128. The molecule has 90 heavy (non-hydrogen) atoms. The van der Waals surface area contributed by atoms with Crippen molar-refractivity contribution in [3.63, 3.8) is 0 Å². The van der Waals surface area contributed by atoms with E-state index in [1.165, 1.54) is 56.4 Å². The van der Waals surface area contributed by atoms with Gasteiger partial charge in [0.05, 0.1) is 33.4 Å². The molecular weight excluding hydrogens is 1660 g/mol. The van der Waals surface area contributed by atoms with Crippen LogP contribution in [0.2, 0.25) is 0 Å². The van der Waals surface area contributed by atoms with E-state index in [0.29, 0.717) is 0 Å². The van der Waals surface area contributed by atoms with Crippen molar-refractivity contribution >= 4 is 179 Å². The molecule has 46 nitrogen and oxygen atoms in total. The first-order valence-corrected chi connectivity index (χ1v) is 47.8. The minimum atomic E-state index is -4.16. The van der Waals surface area contributed by atoms with Crippen LogP contribution in [0.5, 0.6) is 0 Å². The molecule has 0 aliphatic heterocycles. The Kier molecular flexibility index (Phi) is 113. The third kappa shape index (κ3) is 307. The van der Waals surface area contributed by atoms with Crippen LogP contribution in [0, 0.1) is 0 Å². The zero-order valence-electron chi connectivity index (χ0n) is 50.0. The van der Waals surface area contributed by atoms with Gasteiger partial charge in [-0.3, -0.25) is 45.1 Å². The second-order valence-corrected chi connectivity index (χ2v) is 40.3. The summed E-state index contributed by atoms with van der Waals surface area (Å²) in [5.41, 5.74) is 6.66. The highest BCUT2D eigenvalue weighted by molar-refractivity contribution is 8.59. The molecule has 0 fully saturated rings. The average Bonchev–Trinajstić information content (AvgIpc) is 3.39. The van der Waals surface area contributed by atoms with E-state index in [-0.39, 0.29) is 18.2 Å². The Morgan fingerprint density at radius 2 is 0.778 bits per heavy atom. The highest BCUT2D eigenvalue weighted by atomic mass is 35.7. The topological polar surface area (TPSA) is 761 Å². The molecule has 0 bridgehead atoms. The third-order valence-electron chi connectivity index (χ3n) is 4.08. The van der Waals surface area contributed by atoms with Crippen molar-refractivity contribution in [3.8, 4) is 0 Å². The number of rotatable bonds is 16. The molecule has 0 aromatic rings. The molecule has 0 aromatic heterocycles. The van der Waals surface area contributed by atoms with Crippen molar-refractivity contribution in [3.05, 3.63) is 0 Å². The van der Waals surface area contributed by atoms with E-state index in [1.54, 1.807) is 0 Å². The Hall–Kier alpha value is 3.19. The summed E-state index contributed by atoms with van der Waals surface area (Å²) < 4.78 is 208. The van der Waals surface area contributed by atoms with Crippen molar-refractivity contribution in [1.82, 2.24) is 5.09 Å². The molecule has 0 heterocycles. The summed E-state index contributed by atoms with van der Waals surface area (Å²) in [6, 6.07) is 0. The molecule has 0 aliphatic carbocycles. The van der Waals surface area contributed by atoms with E-state index in [4.69, 9.17) is 93.1 Å². The van der Waals surface area contributed by atoms with E-state index in [2.05, 4.69) is 136 Å². The Morgan fingerprint density at radius 3 is 0.778 bits per heavy atom. The lowest BCUT2D eigenvalue weighted by molar-refractivity contribution is 0.171. The van der Waals surface area contributed by atoms with Crippen LogP contribution in [0.25, 0.3) is 0 Å². The Bertz CT molecular complexity index is 2020. The van der Waals surface area contributed by atoms with E-state index < -0.39 is 115 Å². The van der Waals surface area contributed by atoms with Crippen LogP contribution in [0.15, 0.2) is 0 Å². The molecule has 0 rings (SSSR count). The minimum absolute atomic E-state index is 0.0625. The molecule has 6 unspecified atom stereocenters. The summed E-state index contributed by atoms with van der Waals surface area (Å²) in [6.45, 7) is -5.27. The molecular formula is C22H86ClF2N3O43P12S7+2. The first-order chi connectivity index (χ1) is 39.1. The Balaban J connectivity index is -0.0000000465. The van der Waals surface area contributed by atoms with Crippen molar-refractivity contribution in [2.24, 2.45) is 11.5 Å². The molecule has 568 valence electrons. The van der Waals surface area contributed by atoms with Crippen LogP contribution < -0.4 is 16.6 Å². The van der Waals surface area contributed by atoms with Gasteiger partial charge in [0.2, 0.25) is 12.1 Å². The standard InChI is InChI=1S/C2H4F2.C2H8NO3P.C2H7O4P.2C2H7O3P.C2H6O3S.CH4ClO3P.CH6NO2PS.CH5N.2CH5O4P.CH4O4S.CH5O3PS.CH3O3P.CH5O2PS2.CH3O2PS/c1-2(3)4;1-6-7(4,5)2-3;1-5-7(3,4)6-2;1-5-6(2,3)4;2*1-2-6(3,4)5;1-5-6(2,3)4;1-2-5(3,4)6;1-2;3*1-5-6(2,3)4;1-4-5(2,3)6;1-4-5(2)3;1-3-4(2,5)6;1-3-4(2)5/h2H,1H3;2-3H2,1H3,(H,4,5);1-2H3,(H,3,4);1-2H3,(H,3,4);2H2,1H3,(H2,3,4,5);2H2,1H3,(H,3,4,5);1H3,(H,3,4);1H3,(H3,2,3,4,6);2H2,1H3;2*1H3,(H2,2,3,4);1H3,(H,2,3,4);1H3,(H2,2,3,6);1H3;1H3,(H2,2,5,6);1H3/p+2. The maximum absolute atomic E-state index is 10.3. The van der Waals surface area contributed by atoms with E-state index in [1.807, 2.05) is 0 Å². The van der Waals surface area contributed by atoms with Gasteiger partial charge in [0, 0.05) is 92.6 Å². The van der Waals surface area contributed by atoms with Gasteiger partial charge in [0.15, 0.2) is 0 Å². The number of thiol groups is 2. The summed E-state index contributed by atoms with van der Waals surface area (Å²) >= 11 is 23.9. The van der Waals surface area contributed by atoms with E-state index in [9.17, 15) is 66.7 Å². The summed E-state index contributed by atoms with van der Waals surface area (Å²) in [5, 5.41) is 2.14. The molecule has 0 saturated heterocycles. The number of hydrogen-bond acceptors (Lipinski definition) is 30. The zero-order valence-corrected chi connectivity index (χ0v) is 67.4. The maximum Gasteiger partial charge on any atom is 0.694 e. The molecule has 23 N–H and O–H groups in total. The van der Waals surface area contributed by atoms with Crippen LogP contribution in [-0.4, -0.2) is 235 Å². The number of nitrogens with two attached hydrogens (primary N) is 2. The highest BCUT2D eigenvalue weighted by Crippen LogP contribution is 2.46. The summed E-state index contributed by atoms with van der Waals surface area (Å²) in [5.74, 6) is -0.201. The molecule has 0 radical (unpaired) electrons. The largest absolute Gasteiger partial charge is 0.694 e. The van der Waals surface area contributed by atoms with Gasteiger partial charge in [-0.25, -0.2) is 32.1 Å². The van der Waals surface area contributed by atoms with Crippen molar-refractivity contribution in [2.45, 2.75) is 27.2 Å². The molecule has 0 spiro atoms. The molecule has 68 heteroatoms. The minimum Gasteiger partial charge on any atom is -0.338 e. The monoisotopic (exact) mass is 1750 g/mol. The molecule has 0 aromatic carbocycles. The van der Waals surface area contributed by atoms with Crippen molar-refractivity contribution < 1.29 is 208 Å². The van der Waals surface area contributed by atoms with Crippen LogP contribution in [0.4, 0.5) is 8.78 Å². The smallest absolute Gasteiger partial charge is 0.338 e. The van der Waals surface area contributed by atoms with Crippen LogP contribution >= 0.6 is 123 Å².